The van der Waals surface area contributed by atoms with Crippen LogP contribution in [-0.2, 0) is 17.8 Å². The molecule has 0 atom stereocenters. The molecule has 3 aromatic rings. The minimum atomic E-state index is -0.236. The molecule has 0 aliphatic heterocycles. The molecule has 0 radical (unpaired) electrons. The number of nitrogens with one attached hydrogen (secondary N) is 3. The van der Waals surface area contributed by atoms with Crippen molar-refractivity contribution >= 4 is 23.8 Å². The van der Waals surface area contributed by atoms with Gasteiger partial charge in [-0.2, -0.15) is 5.10 Å². The minimum absolute atomic E-state index is 0.115. The second-order valence-corrected chi connectivity index (χ2v) is 7.67. The summed E-state index contributed by atoms with van der Waals surface area (Å²) in [6.45, 7) is 6.89. The summed E-state index contributed by atoms with van der Waals surface area (Å²) >= 11 is 5.30. The summed E-state index contributed by atoms with van der Waals surface area (Å²) in [7, 11) is 0. The smallest absolute Gasteiger partial charge is 0.262 e. The highest BCUT2D eigenvalue weighted by molar-refractivity contribution is 7.71. The third kappa shape index (κ3) is 6.34. The fourth-order valence-electron chi connectivity index (χ4n) is 3.08. The molecular formula is C23H29N5O3S. The lowest BCUT2D eigenvalue weighted by Crippen LogP contribution is -2.20. The van der Waals surface area contributed by atoms with E-state index in [9.17, 15) is 4.79 Å². The van der Waals surface area contributed by atoms with E-state index >= 15 is 0 Å². The number of carbonyl (C=O) groups excluding carboxylic acids is 1. The standard InChI is InChI=1S/C23H29N5O3S/c1-4-6-21-26-27-23(32)28(21)24-14-17-9-12-19(20(13-17)30-5-2)31-15-22(29)25-18-10-7-16(3)8-11-18/h7-13,24H,4-6,14-15H2,1-3H3,(H,25,29)(H,27,32). The van der Waals surface area contributed by atoms with Crippen molar-refractivity contribution in [2.24, 2.45) is 0 Å². The fraction of sp³-hybridized carbons (Fsp3) is 0.348. The van der Waals surface area contributed by atoms with Gasteiger partial charge in [0, 0.05) is 12.1 Å². The van der Waals surface area contributed by atoms with E-state index < -0.39 is 0 Å². The van der Waals surface area contributed by atoms with E-state index in [0.717, 1.165) is 35.5 Å². The maximum absolute atomic E-state index is 12.2. The third-order valence-electron chi connectivity index (χ3n) is 4.66. The summed E-state index contributed by atoms with van der Waals surface area (Å²) in [5.41, 5.74) is 6.14. The van der Waals surface area contributed by atoms with E-state index in [4.69, 9.17) is 21.7 Å². The average Bonchev–Trinajstić information content (AvgIpc) is 3.13. The van der Waals surface area contributed by atoms with Gasteiger partial charge in [-0.1, -0.05) is 30.7 Å². The molecule has 1 aromatic heterocycles. The van der Waals surface area contributed by atoms with E-state index in [1.807, 2.05) is 56.3 Å². The molecular weight excluding hydrogens is 426 g/mol. The van der Waals surface area contributed by atoms with Gasteiger partial charge in [0.25, 0.3) is 5.91 Å². The Kier molecular flexibility index (Phi) is 8.27. The van der Waals surface area contributed by atoms with Crippen LogP contribution < -0.4 is 20.2 Å². The van der Waals surface area contributed by atoms with Gasteiger partial charge in [0.05, 0.1) is 13.2 Å². The quantitative estimate of drug-likeness (QED) is 0.372. The Balaban J connectivity index is 1.62. The van der Waals surface area contributed by atoms with Crippen LogP contribution in [0, 0.1) is 11.7 Å². The lowest BCUT2D eigenvalue weighted by Gasteiger charge is -2.15. The topological polar surface area (TPSA) is 93.2 Å². The summed E-state index contributed by atoms with van der Waals surface area (Å²) in [5.74, 6) is 1.72. The van der Waals surface area contributed by atoms with Crippen molar-refractivity contribution in [1.82, 2.24) is 14.9 Å². The molecule has 1 heterocycles. The number of carbonyl (C=O) groups is 1. The third-order valence-corrected chi connectivity index (χ3v) is 4.93. The van der Waals surface area contributed by atoms with Crippen LogP contribution in [0.1, 0.15) is 37.2 Å². The molecule has 8 nitrogen and oxygen atoms in total. The zero-order valence-electron chi connectivity index (χ0n) is 18.6. The van der Waals surface area contributed by atoms with Crippen molar-refractivity contribution in [3.8, 4) is 11.5 Å². The molecule has 0 aliphatic carbocycles. The van der Waals surface area contributed by atoms with Gasteiger partial charge in [0.2, 0.25) is 4.77 Å². The SMILES string of the molecule is CCCc1n[nH]c(=S)n1NCc1ccc(OCC(=O)Nc2ccc(C)cc2)c(OCC)c1. The van der Waals surface area contributed by atoms with Gasteiger partial charge >= 0.3 is 0 Å². The molecule has 3 N–H and O–H groups in total. The van der Waals surface area contributed by atoms with Crippen LogP contribution in [0.5, 0.6) is 11.5 Å². The molecule has 3 rings (SSSR count). The molecule has 32 heavy (non-hydrogen) atoms. The normalized spacial score (nSPS) is 10.6. The highest BCUT2D eigenvalue weighted by Crippen LogP contribution is 2.28. The summed E-state index contributed by atoms with van der Waals surface area (Å²) in [4.78, 5) is 12.2. The Morgan fingerprint density at radius 1 is 1.12 bits per heavy atom. The molecule has 170 valence electrons. The van der Waals surface area contributed by atoms with Crippen molar-refractivity contribution in [1.29, 1.82) is 0 Å². The first-order valence-corrected chi connectivity index (χ1v) is 11.1. The monoisotopic (exact) mass is 455 g/mol. The Bertz CT molecular complexity index is 1090. The van der Waals surface area contributed by atoms with Gasteiger partial charge in [-0.3, -0.25) is 9.89 Å². The predicted molar refractivity (Wildman–Crippen MR) is 127 cm³/mol. The van der Waals surface area contributed by atoms with Crippen LogP contribution >= 0.6 is 12.2 Å². The van der Waals surface area contributed by atoms with Crippen LogP contribution in [-0.4, -0.2) is 34.0 Å². The Hall–Kier alpha value is -3.33. The zero-order valence-corrected chi connectivity index (χ0v) is 19.4. The number of anilines is 1. The van der Waals surface area contributed by atoms with Crippen molar-refractivity contribution in [2.75, 3.05) is 24.0 Å². The van der Waals surface area contributed by atoms with Gasteiger partial charge < -0.3 is 20.2 Å². The van der Waals surface area contributed by atoms with E-state index in [0.29, 0.717) is 29.4 Å². The van der Waals surface area contributed by atoms with Crippen LogP contribution in [0.15, 0.2) is 42.5 Å². The Morgan fingerprint density at radius 3 is 2.62 bits per heavy atom. The predicted octanol–water partition coefficient (Wildman–Crippen LogP) is 4.36. The van der Waals surface area contributed by atoms with Crippen LogP contribution in [0.4, 0.5) is 5.69 Å². The minimum Gasteiger partial charge on any atom is -0.490 e. The Morgan fingerprint density at radius 2 is 1.91 bits per heavy atom. The first kappa shape index (κ1) is 23.3. The number of amides is 1. The number of H-pyrrole nitrogens is 1. The number of benzene rings is 2. The van der Waals surface area contributed by atoms with E-state index in [1.165, 1.54) is 0 Å². The number of hydrogen-bond acceptors (Lipinski definition) is 6. The van der Waals surface area contributed by atoms with E-state index in [1.54, 1.807) is 4.68 Å². The van der Waals surface area contributed by atoms with E-state index in [2.05, 4.69) is 27.9 Å². The largest absolute Gasteiger partial charge is 0.490 e. The summed E-state index contributed by atoms with van der Waals surface area (Å²) < 4.78 is 13.8. The number of aromatic amines is 1. The van der Waals surface area contributed by atoms with Crippen LogP contribution in [0.2, 0.25) is 0 Å². The van der Waals surface area contributed by atoms with Gasteiger partial charge in [-0.15, -0.1) is 0 Å². The molecule has 0 spiro atoms. The summed E-state index contributed by atoms with van der Waals surface area (Å²) in [6, 6.07) is 13.2. The van der Waals surface area contributed by atoms with Crippen molar-refractivity contribution in [2.45, 2.75) is 40.2 Å². The number of nitrogens with zero attached hydrogens (tertiary/aromatic N) is 2. The van der Waals surface area contributed by atoms with Crippen LogP contribution in [0.25, 0.3) is 0 Å². The van der Waals surface area contributed by atoms with Crippen LogP contribution in [0.3, 0.4) is 0 Å². The second-order valence-electron chi connectivity index (χ2n) is 7.28. The second kappa shape index (κ2) is 11.3. The molecule has 9 heteroatoms. The first-order chi connectivity index (χ1) is 15.5. The van der Waals surface area contributed by atoms with E-state index in [-0.39, 0.29) is 12.5 Å². The molecule has 0 aliphatic rings. The molecule has 0 unspecified atom stereocenters. The maximum atomic E-state index is 12.2. The average molecular weight is 456 g/mol. The number of ether oxygens (including phenoxy) is 2. The van der Waals surface area contributed by atoms with Gasteiger partial charge in [-0.05, 0) is 62.3 Å². The lowest BCUT2D eigenvalue weighted by molar-refractivity contribution is -0.118. The Labute approximate surface area is 192 Å². The molecule has 2 aromatic carbocycles. The van der Waals surface area contributed by atoms with Gasteiger partial charge in [0.15, 0.2) is 23.9 Å². The van der Waals surface area contributed by atoms with Gasteiger partial charge in [0.1, 0.15) is 0 Å². The maximum Gasteiger partial charge on any atom is 0.262 e. The summed E-state index contributed by atoms with van der Waals surface area (Å²) in [5, 5.41) is 9.89. The zero-order chi connectivity index (χ0) is 22.9. The highest BCUT2D eigenvalue weighted by Gasteiger charge is 2.11. The highest BCUT2D eigenvalue weighted by atomic mass is 32.1. The number of aryl methyl sites for hydroxylation is 2. The molecule has 0 saturated carbocycles. The number of aromatic nitrogens is 3. The number of hydrogen-bond donors (Lipinski definition) is 3. The molecule has 0 fully saturated rings. The first-order valence-electron chi connectivity index (χ1n) is 10.6. The van der Waals surface area contributed by atoms with Crippen molar-refractivity contribution in [3.05, 3.63) is 64.2 Å². The molecule has 0 saturated heterocycles. The fourth-order valence-corrected chi connectivity index (χ4v) is 3.30. The van der Waals surface area contributed by atoms with Crippen molar-refractivity contribution in [3.63, 3.8) is 0 Å². The van der Waals surface area contributed by atoms with Gasteiger partial charge in [-0.25, -0.2) is 4.68 Å². The molecule has 0 bridgehead atoms. The molecule has 1 amide bonds. The van der Waals surface area contributed by atoms with Crippen molar-refractivity contribution < 1.29 is 14.3 Å². The lowest BCUT2D eigenvalue weighted by atomic mass is 10.2. The number of rotatable bonds is 11. The summed E-state index contributed by atoms with van der Waals surface area (Å²) in [6.07, 6.45) is 1.79.